The lowest BCUT2D eigenvalue weighted by atomic mass is 10.2. The number of nitrogens with two attached hydrogens (primary N) is 1. The van der Waals surface area contributed by atoms with Gasteiger partial charge in [0.05, 0.1) is 0 Å². The van der Waals surface area contributed by atoms with Crippen LogP contribution >= 0.6 is 0 Å². The third-order valence-corrected chi connectivity index (χ3v) is 2.34. The molecule has 0 fully saturated rings. The Bertz CT molecular complexity index is 509. The van der Waals surface area contributed by atoms with Gasteiger partial charge in [-0.15, -0.1) is 0 Å². The highest BCUT2D eigenvalue weighted by atomic mass is 16.5. The fourth-order valence-corrected chi connectivity index (χ4v) is 1.54. The number of rotatable bonds is 4. The molecule has 0 heterocycles. The second kappa shape index (κ2) is 5.16. The molecule has 17 heavy (non-hydrogen) atoms. The molecule has 0 aliphatic carbocycles. The standard InChI is InChI=1S/C14H13NO2/c15-13-6-12(9-16)7-14(8-13)17-10-11-4-2-1-3-5-11/h1-9H,10,15H2. The van der Waals surface area contributed by atoms with Crippen LogP contribution in [0.3, 0.4) is 0 Å². The summed E-state index contributed by atoms with van der Waals surface area (Å²) in [7, 11) is 0. The summed E-state index contributed by atoms with van der Waals surface area (Å²) >= 11 is 0. The first-order chi connectivity index (χ1) is 8.28. The van der Waals surface area contributed by atoms with Crippen LogP contribution in [0.15, 0.2) is 48.5 Å². The van der Waals surface area contributed by atoms with E-state index >= 15 is 0 Å². The van der Waals surface area contributed by atoms with Gasteiger partial charge in [-0.3, -0.25) is 4.79 Å². The molecule has 3 nitrogen and oxygen atoms in total. The molecule has 3 heteroatoms. The molecule has 0 saturated heterocycles. The molecule has 0 atom stereocenters. The molecule has 2 rings (SSSR count). The van der Waals surface area contributed by atoms with Crippen molar-refractivity contribution >= 4 is 12.0 Å². The first-order valence-electron chi connectivity index (χ1n) is 5.30. The summed E-state index contributed by atoms with van der Waals surface area (Å²) in [6.45, 7) is 0.461. The van der Waals surface area contributed by atoms with Gasteiger partial charge in [0.15, 0.2) is 0 Å². The number of carbonyl (C=O) groups excluding carboxylic acids is 1. The maximum Gasteiger partial charge on any atom is 0.150 e. The normalized spacial score (nSPS) is 9.88. The number of aldehydes is 1. The largest absolute Gasteiger partial charge is 0.489 e. The number of benzene rings is 2. The molecule has 0 bridgehead atoms. The van der Waals surface area contributed by atoms with Gasteiger partial charge in [-0.1, -0.05) is 30.3 Å². The fraction of sp³-hybridized carbons (Fsp3) is 0.0714. The van der Waals surface area contributed by atoms with Crippen LogP contribution in [0.4, 0.5) is 5.69 Å². The predicted molar refractivity (Wildman–Crippen MR) is 67.0 cm³/mol. The Balaban J connectivity index is 2.09. The summed E-state index contributed by atoms with van der Waals surface area (Å²) < 4.78 is 5.58. The van der Waals surface area contributed by atoms with Crippen molar-refractivity contribution in [1.82, 2.24) is 0 Å². The van der Waals surface area contributed by atoms with Crippen LogP contribution in [-0.2, 0) is 6.61 Å². The zero-order chi connectivity index (χ0) is 12.1. The first-order valence-corrected chi connectivity index (χ1v) is 5.30. The molecule has 0 radical (unpaired) electrons. The Morgan fingerprint density at radius 3 is 2.59 bits per heavy atom. The van der Waals surface area contributed by atoms with Crippen molar-refractivity contribution in [2.24, 2.45) is 0 Å². The van der Waals surface area contributed by atoms with Gasteiger partial charge in [0, 0.05) is 17.3 Å². The van der Waals surface area contributed by atoms with Gasteiger partial charge in [0.2, 0.25) is 0 Å². The van der Waals surface area contributed by atoms with E-state index in [1.807, 2.05) is 30.3 Å². The van der Waals surface area contributed by atoms with Crippen LogP contribution in [0.1, 0.15) is 15.9 Å². The lowest BCUT2D eigenvalue weighted by molar-refractivity contribution is 0.112. The minimum atomic E-state index is 0.461. The second-order valence-electron chi connectivity index (χ2n) is 3.73. The number of nitrogen functional groups attached to an aromatic ring is 1. The molecule has 0 spiro atoms. The Morgan fingerprint density at radius 2 is 1.88 bits per heavy atom. The van der Waals surface area contributed by atoms with Crippen molar-refractivity contribution in [2.45, 2.75) is 6.61 Å². The van der Waals surface area contributed by atoms with E-state index in [4.69, 9.17) is 10.5 Å². The van der Waals surface area contributed by atoms with Gasteiger partial charge in [-0.05, 0) is 17.7 Å². The molecule has 0 saturated carbocycles. The van der Waals surface area contributed by atoms with E-state index in [9.17, 15) is 4.79 Å². The van der Waals surface area contributed by atoms with Crippen molar-refractivity contribution in [3.63, 3.8) is 0 Å². The summed E-state index contributed by atoms with van der Waals surface area (Å²) in [5.74, 6) is 0.607. The van der Waals surface area contributed by atoms with Crippen LogP contribution < -0.4 is 10.5 Å². The van der Waals surface area contributed by atoms with E-state index in [-0.39, 0.29) is 0 Å². The molecule has 0 unspecified atom stereocenters. The smallest absolute Gasteiger partial charge is 0.150 e. The summed E-state index contributed by atoms with van der Waals surface area (Å²) in [5.41, 5.74) is 7.78. The maximum atomic E-state index is 10.7. The molecular formula is C14H13NO2. The molecule has 0 aliphatic rings. The lowest BCUT2D eigenvalue weighted by Crippen LogP contribution is -1.97. The van der Waals surface area contributed by atoms with E-state index in [0.717, 1.165) is 11.8 Å². The van der Waals surface area contributed by atoms with Crippen LogP contribution in [0.25, 0.3) is 0 Å². The highest BCUT2D eigenvalue weighted by molar-refractivity contribution is 5.77. The minimum Gasteiger partial charge on any atom is -0.489 e. The summed E-state index contributed by atoms with van der Waals surface area (Å²) in [6, 6.07) is 14.8. The summed E-state index contributed by atoms with van der Waals surface area (Å²) in [6.07, 6.45) is 0.756. The van der Waals surface area contributed by atoms with Gasteiger partial charge in [0.1, 0.15) is 18.6 Å². The van der Waals surface area contributed by atoms with Crippen molar-refractivity contribution in [2.75, 3.05) is 5.73 Å². The topological polar surface area (TPSA) is 52.3 Å². The van der Waals surface area contributed by atoms with Gasteiger partial charge in [-0.25, -0.2) is 0 Å². The van der Waals surface area contributed by atoms with Crippen LogP contribution in [-0.4, -0.2) is 6.29 Å². The average molecular weight is 227 g/mol. The number of hydrogen-bond donors (Lipinski definition) is 1. The maximum absolute atomic E-state index is 10.7. The lowest BCUT2D eigenvalue weighted by Gasteiger charge is -2.07. The van der Waals surface area contributed by atoms with E-state index in [1.54, 1.807) is 18.2 Å². The number of hydrogen-bond acceptors (Lipinski definition) is 3. The highest BCUT2D eigenvalue weighted by Crippen LogP contribution is 2.19. The summed E-state index contributed by atoms with van der Waals surface area (Å²) in [4.78, 5) is 10.7. The van der Waals surface area contributed by atoms with Gasteiger partial charge in [-0.2, -0.15) is 0 Å². The molecular weight excluding hydrogens is 214 g/mol. The number of carbonyl (C=O) groups is 1. The van der Waals surface area contributed by atoms with Crippen LogP contribution in [0.5, 0.6) is 5.75 Å². The molecule has 0 aromatic heterocycles. The van der Waals surface area contributed by atoms with Gasteiger partial charge in [0.25, 0.3) is 0 Å². The van der Waals surface area contributed by atoms with Crippen molar-refractivity contribution in [3.8, 4) is 5.75 Å². The van der Waals surface area contributed by atoms with Gasteiger partial charge < -0.3 is 10.5 Å². The average Bonchev–Trinajstić information content (AvgIpc) is 2.37. The van der Waals surface area contributed by atoms with Crippen LogP contribution in [0.2, 0.25) is 0 Å². The van der Waals surface area contributed by atoms with E-state index in [1.165, 1.54) is 0 Å². The Hall–Kier alpha value is -2.29. The monoisotopic (exact) mass is 227 g/mol. The quantitative estimate of drug-likeness (QED) is 0.645. The van der Waals surface area contributed by atoms with E-state index in [0.29, 0.717) is 23.6 Å². The second-order valence-corrected chi connectivity index (χ2v) is 3.73. The zero-order valence-corrected chi connectivity index (χ0v) is 9.30. The molecule has 2 N–H and O–H groups in total. The van der Waals surface area contributed by atoms with E-state index < -0.39 is 0 Å². The molecule has 2 aromatic carbocycles. The minimum absolute atomic E-state index is 0.461. The molecule has 86 valence electrons. The fourth-order valence-electron chi connectivity index (χ4n) is 1.54. The SMILES string of the molecule is Nc1cc(C=O)cc(OCc2ccccc2)c1. The highest BCUT2D eigenvalue weighted by Gasteiger charge is 2.00. The van der Waals surface area contributed by atoms with Gasteiger partial charge >= 0.3 is 0 Å². The molecule has 2 aromatic rings. The van der Waals surface area contributed by atoms with Crippen LogP contribution in [0, 0.1) is 0 Å². The summed E-state index contributed by atoms with van der Waals surface area (Å²) in [5, 5.41) is 0. The first kappa shape index (κ1) is 11.2. The number of anilines is 1. The zero-order valence-electron chi connectivity index (χ0n) is 9.30. The van der Waals surface area contributed by atoms with Crippen molar-refractivity contribution < 1.29 is 9.53 Å². The van der Waals surface area contributed by atoms with Crippen molar-refractivity contribution in [3.05, 3.63) is 59.7 Å². The Kier molecular flexibility index (Phi) is 3.40. The third-order valence-electron chi connectivity index (χ3n) is 2.34. The van der Waals surface area contributed by atoms with Crippen molar-refractivity contribution in [1.29, 1.82) is 0 Å². The molecule has 0 aliphatic heterocycles. The van der Waals surface area contributed by atoms with E-state index in [2.05, 4.69) is 0 Å². The Morgan fingerprint density at radius 1 is 1.12 bits per heavy atom. The predicted octanol–water partition coefficient (Wildman–Crippen LogP) is 2.66. The molecule has 0 amide bonds. The Labute approximate surface area is 99.8 Å². The number of ether oxygens (including phenoxy) is 1. The third kappa shape index (κ3) is 3.08.